The maximum Gasteiger partial charge on any atom is 0.416 e. The second kappa shape index (κ2) is 7.79. The molecule has 0 bridgehead atoms. The molecule has 0 aliphatic heterocycles. The van der Waals surface area contributed by atoms with Gasteiger partial charge in [-0.05, 0) is 41.8 Å². The molecule has 4 nitrogen and oxygen atoms in total. The number of carbonyl (C=O) groups is 1. The van der Waals surface area contributed by atoms with E-state index in [0.29, 0.717) is 5.69 Å². The summed E-state index contributed by atoms with van der Waals surface area (Å²) in [6.45, 7) is 0.104. The van der Waals surface area contributed by atoms with Crippen molar-refractivity contribution in [1.82, 2.24) is 4.98 Å². The summed E-state index contributed by atoms with van der Waals surface area (Å²) >= 11 is 1.41. The minimum atomic E-state index is -4.43. The highest BCUT2D eigenvalue weighted by Gasteiger charge is 2.30. The first-order valence-electron chi connectivity index (χ1n) is 8.80. The molecule has 0 radical (unpaired) electrons. The monoisotopic (exact) mass is 428 g/mol. The van der Waals surface area contributed by atoms with E-state index in [1.54, 1.807) is 0 Å². The lowest BCUT2D eigenvalue weighted by Crippen LogP contribution is -2.22. The maximum atomic E-state index is 12.9. The highest BCUT2D eigenvalue weighted by Crippen LogP contribution is 2.35. The van der Waals surface area contributed by atoms with Crippen LogP contribution in [0, 0.1) is 0 Å². The first-order chi connectivity index (χ1) is 14.3. The van der Waals surface area contributed by atoms with E-state index in [4.69, 9.17) is 4.74 Å². The molecule has 0 aliphatic carbocycles. The minimum absolute atomic E-state index is 0.0293. The van der Waals surface area contributed by atoms with Crippen LogP contribution in [0.25, 0.3) is 21.3 Å². The summed E-state index contributed by atoms with van der Waals surface area (Å²) in [5.41, 5.74) is 0.514. The molecule has 0 atom stereocenters. The average molecular weight is 428 g/mol. The van der Waals surface area contributed by atoms with E-state index in [2.05, 4.69) is 4.98 Å². The van der Waals surface area contributed by atoms with E-state index in [1.807, 2.05) is 24.3 Å². The number of benzene rings is 2. The summed E-state index contributed by atoms with van der Waals surface area (Å²) in [6.07, 6.45) is -3.02. The first-order valence-corrected chi connectivity index (χ1v) is 9.62. The van der Waals surface area contributed by atoms with Crippen LogP contribution < -0.4 is 9.84 Å². The number of aromatic nitrogens is 1. The number of nitrogens with zero attached hydrogens (tertiary/aromatic N) is 1. The maximum absolute atomic E-state index is 12.9. The van der Waals surface area contributed by atoms with Crippen molar-refractivity contribution in [2.24, 2.45) is 0 Å². The van der Waals surface area contributed by atoms with Crippen molar-refractivity contribution in [2.45, 2.75) is 12.8 Å². The second-order valence-corrected chi connectivity index (χ2v) is 7.60. The van der Waals surface area contributed by atoms with Crippen molar-refractivity contribution in [3.8, 4) is 17.0 Å². The van der Waals surface area contributed by atoms with Gasteiger partial charge in [0.2, 0.25) is 0 Å². The Morgan fingerprint density at radius 1 is 1.07 bits per heavy atom. The van der Waals surface area contributed by atoms with Crippen molar-refractivity contribution in [2.75, 3.05) is 0 Å². The first kappa shape index (κ1) is 19.9. The van der Waals surface area contributed by atoms with E-state index in [1.165, 1.54) is 41.8 Å². The fourth-order valence-corrected chi connectivity index (χ4v) is 4.10. The van der Waals surface area contributed by atoms with Crippen LogP contribution >= 0.6 is 11.3 Å². The van der Waals surface area contributed by atoms with Gasteiger partial charge < -0.3 is 14.6 Å². The van der Waals surface area contributed by atoms with Gasteiger partial charge in [0.05, 0.1) is 17.2 Å². The number of carboxylic acids is 1. The Hall–Kier alpha value is -3.39. The molecule has 0 saturated carbocycles. The van der Waals surface area contributed by atoms with Crippen LogP contribution in [0.4, 0.5) is 13.2 Å². The Balaban J connectivity index is 1.61. The lowest BCUT2D eigenvalue weighted by Gasteiger charge is -2.09. The van der Waals surface area contributed by atoms with E-state index in [9.17, 15) is 23.1 Å². The molecule has 30 heavy (non-hydrogen) atoms. The molecule has 4 aromatic rings. The van der Waals surface area contributed by atoms with Crippen molar-refractivity contribution < 1.29 is 27.8 Å². The molecule has 0 saturated heterocycles. The van der Waals surface area contributed by atoms with E-state index in [0.717, 1.165) is 32.7 Å². The summed E-state index contributed by atoms with van der Waals surface area (Å²) in [5.74, 6) is -1.15. The Morgan fingerprint density at radius 2 is 1.87 bits per heavy atom. The van der Waals surface area contributed by atoms with Gasteiger partial charge in [0.25, 0.3) is 0 Å². The molecule has 0 amide bonds. The Morgan fingerprint density at radius 3 is 2.63 bits per heavy atom. The van der Waals surface area contributed by atoms with Crippen LogP contribution in [-0.4, -0.2) is 11.0 Å². The number of alkyl halides is 3. The quantitative estimate of drug-likeness (QED) is 0.453. The zero-order chi connectivity index (χ0) is 21.3. The summed E-state index contributed by atoms with van der Waals surface area (Å²) < 4.78 is 45.0. The fourth-order valence-electron chi connectivity index (χ4n) is 3.01. The lowest BCUT2D eigenvalue weighted by atomic mass is 10.1. The number of carbonyl (C=O) groups excluding carboxylic acids is 1. The van der Waals surface area contributed by atoms with E-state index in [-0.39, 0.29) is 17.9 Å². The van der Waals surface area contributed by atoms with Crippen molar-refractivity contribution in [3.05, 3.63) is 82.9 Å². The average Bonchev–Trinajstić information content (AvgIpc) is 3.15. The topological polar surface area (TPSA) is 62.2 Å². The number of ether oxygens (including phenoxy) is 1. The van der Waals surface area contributed by atoms with Crippen LogP contribution in [0.3, 0.4) is 0 Å². The largest absolute Gasteiger partial charge is 0.545 e. The van der Waals surface area contributed by atoms with Crippen molar-refractivity contribution in [3.63, 3.8) is 0 Å². The standard InChI is InChI=1S/C22H14F3NO3S/c23-22(24,25)15-4-2-5-16(11-15)29-12-17-9-13-3-1-6-18(20(13)30-17)19-10-14(21(27)28)7-8-26-19/h1-11H,12H2,(H,27,28)/p-1. The van der Waals surface area contributed by atoms with Gasteiger partial charge in [-0.25, -0.2) is 0 Å². The van der Waals surface area contributed by atoms with Gasteiger partial charge in [-0.15, -0.1) is 11.3 Å². The molecule has 2 aromatic carbocycles. The summed E-state index contributed by atoms with van der Waals surface area (Å²) in [4.78, 5) is 16.2. The van der Waals surface area contributed by atoms with Crippen LogP contribution in [-0.2, 0) is 12.8 Å². The van der Waals surface area contributed by atoms with Crippen LogP contribution in [0.2, 0.25) is 0 Å². The number of pyridine rings is 1. The Kier molecular flexibility index (Phi) is 5.17. The number of rotatable bonds is 5. The molecule has 0 N–H and O–H groups in total. The summed E-state index contributed by atoms with van der Waals surface area (Å²) in [5, 5.41) is 12.0. The molecule has 2 aromatic heterocycles. The smallest absolute Gasteiger partial charge is 0.416 e. The number of thiophene rings is 1. The van der Waals surface area contributed by atoms with Gasteiger partial charge in [0.15, 0.2) is 0 Å². The number of fused-ring (bicyclic) bond motifs is 1. The molecule has 0 fully saturated rings. The third-order valence-electron chi connectivity index (χ3n) is 4.41. The van der Waals surface area contributed by atoms with Gasteiger partial charge in [-0.1, -0.05) is 24.3 Å². The van der Waals surface area contributed by atoms with E-state index < -0.39 is 17.7 Å². The highest BCUT2D eigenvalue weighted by atomic mass is 32.1. The highest BCUT2D eigenvalue weighted by molar-refractivity contribution is 7.19. The Labute approximate surface area is 173 Å². The van der Waals surface area contributed by atoms with Gasteiger partial charge >= 0.3 is 6.18 Å². The normalized spacial score (nSPS) is 11.6. The minimum Gasteiger partial charge on any atom is -0.545 e. The number of carboxylic acid groups (broad SMARTS) is 1. The van der Waals surface area contributed by atoms with Gasteiger partial charge in [0, 0.05) is 26.9 Å². The fraction of sp³-hybridized carbons (Fsp3) is 0.0909. The molecule has 0 unspecified atom stereocenters. The molecule has 2 heterocycles. The summed E-state index contributed by atoms with van der Waals surface area (Å²) in [7, 11) is 0. The van der Waals surface area contributed by atoms with Crippen LogP contribution in [0.15, 0.2) is 66.9 Å². The number of hydrogen-bond acceptors (Lipinski definition) is 5. The Bertz CT molecular complexity index is 1230. The molecular weight excluding hydrogens is 415 g/mol. The molecule has 0 aliphatic rings. The molecule has 8 heteroatoms. The number of hydrogen-bond donors (Lipinski definition) is 0. The van der Waals surface area contributed by atoms with Crippen LogP contribution in [0.5, 0.6) is 5.75 Å². The number of halogens is 3. The van der Waals surface area contributed by atoms with Gasteiger partial charge in [-0.2, -0.15) is 13.2 Å². The summed E-state index contributed by atoms with van der Waals surface area (Å²) in [6, 6.07) is 15.0. The SMILES string of the molecule is O=C([O-])c1ccnc(-c2cccc3cc(COc4cccc(C(F)(F)F)c4)sc23)c1. The predicted molar refractivity (Wildman–Crippen MR) is 105 cm³/mol. The third kappa shape index (κ3) is 4.13. The zero-order valence-electron chi connectivity index (χ0n) is 15.3. The molecule has 152 valence electrons. The van der Waals surface area contributed by atoms with Gasteiger partial charge in [0.1, 0.15) is 12.4 Å². The van der Waals surface area contributed by atoms with Gasteiger partial charge in [-0.3, -0.25) is 4.98 Å². The second-order valence-electron chi connectivity index (χ2n) is 6.47. The predicted octanol–water partition coefficient (Wildman–Crippen LogP) is 4.92. The van der Waals surface area contributed by atoms with Crippen molar-refractivity contribution >= 4 is 27.4 Å². The molecule has 0 spiro atoms. The van der Waals surface area contributed by atoms with Crippen LogP contribution in [0.1, 0.15) is 20.8 Å². The number of aromatic carboxylic acids is 1. The third-order valence-corrected chi connectivity index (χ3v) is 5.57. The zero-order valence-corrected chi connectivity index (χ0v) is 16.1. The molecular formula is C22H13F3NO3S-. The van der Waals surface area contributed by atoms with Crippen molar-refractivity contribution in [1.29, 1.82) is 0 Å². The van der Waals surface area contributed by atoms with E-state index >= 15 is 0 Å². The molecule has 4 rings (SSSR count). The lowest BCUT2D eigenvalue weighted by molar-refractivity contribution is -0.255.